The van der Waals surface area contributed by atoms with Crippen molar-refractivity contribution in [2.24, 2.45) is 0 Å². The van der Waals surface area contributed by atoms with E-state index in [1.165, 1.54) is 37.2 Å². The number of amides is 2. The summed E-state index contributed by atoms with van der Waals surface area (Å²) in [5, 5.41) is 4.78. The maximum atomic E-state index is 13.6. The largest absolute Gasteiger partial charge is 0.573 e. The standard InChI is InChI=1S/C24H17F3N4O5/c1-12-19-20-16(22(32)30(23(20)33)17-9-8-15(34-2)10-18(17)35-3)11-28-21(19)31(29-12)13-4-6-14(7-5-13)36-24(25,26)27/h4-11H,1-3H3. The van der Waals surface area contributed by atoms with E-state index in [2.05, 4.69) is 14.8 Å². The molecule has 0 saturated carbocycles. The third kappa shape index (κ3) is 3.67. The summed E-state index contributed by atoms with van der Waals surface area (Å²) in [7, 11) is 2.89. The Labute approximate surface area is 201 Å². The zero-order chi connectivity index (χ0) is 25.8. The lowest BCUT2D eigenvalue weighted by Crippen LogP contribution is -2.29. The number of fused-ring (bicyclic) bond motifs is 3. The van der Waals surface area contributed by atoms with Crippen LogP contribution in [0.15, 0.2) is 48.7 Å². The van der Waals surface area contributed by atoms with Crippen LogP contribution in [0.3, 0.4) is 0 Å². The molecule has 0 N–H and O–H groups in total. The van der Waals surface area contributed by atoms with E-state index < -0.39 is 23.9 Å². The van der Waals surface area contributed by atoms with Crippen LogP contribution in [0.25, 0.3) is 16.7 Å². The molecule has 5 rings (SSSR count). The first-order valence-electron chi connectivity index (χ1n) is 10.5. The minimum atomic E-state index is -4.82. The van der Waals surface area contributed by atoms with Crippen molar-refractivity contribution in [1.29, 1.82) is 0 Å². The summed E-state index contributed by atoms with van der Waals surface area (Å²) in [5.41, 5.74) is 1.53. The Hall–Kier alpha value is -4.61. The maximum absolute atomic E-state index is 13.6. The van der Waals surface area contributed by atoms with E-state index in [0.717, 1.165) is 17.0 Å². The number of rotatable bonds is 5. The van der Waals surface area contributed by atoms with E-state index in [-0.39, 0.29) is 28.2 Å². The molecule has 0 spiro atoms. The molecule has 36 heavy (non-hydrogen) atoms. The average Bonchev–Trinajstić information content (AvgIpc) is 3.31. The topological polar surface area (TPSA) is 95.8 Å². The number of hydrogen-bond donors (Lipinski definition) is 0. The van der Waals surface area contributed by atoms with E-state index in [1.54, 1.807) is 25.1 Å². The lowest BCUT2D eigenvalue weighted by Gasteiger charge is -2.18. The van der Waals surface area contributed by atoms with E-state index in [1.807, 2.05) is 0 Å². The Bertz CT molecular complexity index is 1530. The molecule has 1 aliphatic heterocycles. The number of anilines is 1. The molecule has 184 valence electrons. The van der Waals surface area contributed by atoms with Crippen molar-refractivity contribution in [2.75, 3.05) is 19.1 Å². The zero-order valence-electron chi connectivity index (χ0n) is 19.1. The van der Waals surface area contributed by atoms with Crippen molar-refractivity contribution in [1.82, 2.24) is 14.8 Å². The van der Waals surface area contributed by atoms with Gasteiger partial charge in [0.05, 0.1) is 47.8 Å². The van der Waals surface area contributed by atoms with Crippen LogP contribution in [0.5, 0.6) is 17.2 Å². The Morgan fingerprint density at radius 2 is 1.61 bits per heavy atom. The highest BCUT2D eigenvalue weighted by atomic mass is 19.4. The van der Waals surface area contributed by atoms with E-state index >= 15 is 0 Å². The quantitative estimate of drug-likeness (QED) is 0.375. The van der Waals surface area contributed by atoms with Crippen molar-refractivity contribution in [3.8, 4) is 22.9 Å². The number of carbonyl (C=O) groups excluding carboxylic acids is 2. The van der Waals surface area contributed by atoms with Crippen LogP contribution in [0.2, 0.25) is 0 Å². The lowest BCUT2D eigenvalue weighted by atomic mass is 10.1. The van der Waals surface area contributed by atoms with Gasteiger partial charge < -0.3 is 14.2 Å². The van der Waals surface area contributed by atoms with Gasteiger partial charge in [0, 0.05) is 12.3 Å². The molecular weight excluding hydrogens is 481 g/mol. The summed E-state index contributed by atoms with van der Waals surface area (Å²) < 4.78 is 53.3. The van der Waals surface area contributed by atoms with Crippen molar-refractivity contribution < 1.29 is 37.0 Å². The van der Waals surface area contributed by atoms with Crippen LogP contribution in [-0.4, -0.2) is 47.2 Å². The van der Waals surface area contributed by atoms with Crippen LogP contribution in [0.1, 0.15) is 26.4 Å². The molecule has 0 bridgehead atoms. The average molecular weight is 498 g/mol. The Kier molecular flexibility index (Phi) is 5.31. The number of pyridine rings is 1. The first-order valence-corrected chi connectivity index (χ1v) is 10.5. The molecule has 0 aliphatic carbocycles. The molecule has 2 aromatic heterocycles. The highest BCUT2D eigenvalue weighted by Gasteiger charge is 2.41. The number of halogens is 3. The molecule has 9 nitrogen and oxygen atoms in total. The van der Waals surface area contributed by atoms with Gasteiger partial charge in [-0.05, 0) is 43.3 Å². The lowest BCUT2D eigenvalue weighted by molar-refractivity contribution is -0.274. The van der Waals surface area contributed by atoms with E-state index in [4.69, 9.17) is 9.47 Å². The van der Waals surface area contributed by atoms with Gasteiger partial charge in [-0.1, -0.05) is 0 Å². The maximum Gasteiger partial charge on any atom is 0.573 e. The summed E-state index contributed by atoms with van der Waals surface area (Å²) in [6.45, 7) is 1.65. The van der Waals surface area contributed by atoms with Gasteiger partial charge in [-0.25, -0.2) is 14.6 Å². The molecule has 3 heterocycles. The molecule has 0 unspecified atom stereocenters. The third-order valence-electron chi connectivity index (χ3n) is 5.66. The van der Waals surface area contributed by atoms with Gasteiger partial charge in [-0.3, -0.25) is 9.59 Å². The van der Waals surface area contributed by atoms with Gasteiger partial charge in [0.1, 0.15) is 17.2 Å². The van der Waals surface area contributed by atoms with Gasteiger partial charge in [0.2, 0.25) is 0 Å². The molecule has 4 aromatic rings. The molecule has 0 fully saturated rings. The summed E-state index contributed by atoms with van der Waals surface area (Å²) in [5.74, 6) is -0.795. The molecule has 0 saturated heterocycles. The van der Waals surface area contributed by atoms with Crippen LogP contribution in [0, 0.1) is 6.92 Å². The number of alkyl halides is 3. The SMILES string of the molecule is COc1ccc(N2C(=O)c3cnc4c(c(C)nn4-c4ccc(OC(F)(F)F)cc4)c3C2=O)c(OC)c1. The second-order valence-corrected chi connectivity index (χ2v) is 7.77. The van der Waals surface area contributed by atoms with Crippen LogP contribution < -0.4 is 19.1 Å². The van der Waals surface area contributed by atoms with Crippen LogP contribution in [0.4, 0.5) is 18.9 Å². The Morgan fingerprint density at radius 1 is 0.917 bits per heavy atom. The summed E-state index contributed by atoms with van der Waals surface area (Å²) in [4.78, 5) is 32.2. The predicted octanol–water partition coefficient (Wildman–Crippen LogP) is 4.45. The molecule has 12 heteroatoms. The fourth-order valence-corrected chi connectivity index (χ4v) is 4.12. The van der Waals surface area contributed by atoms with Crippen molar-refractivity contribution in [3.05, 3.63) is 65.5 Å². The van der Waals surface area contributed by atoms with Crippen molar-refractivity contribution in [2.45, 2.75) is 13.3 Å². The normalized spacial score (nSPS) is 13.3. The number of benzene rings is 2. The fourth-order valence-electron chi connectivity index (χ4n) is 4.12. The Balaban J connectivity index is 1.59. The van der Waals surface area contributed by atoms with Crippen LogP contribution >= 0.6 is 0 Å². The summed E-state index contributed by atoms with van der Waals surface area (Å²) in [6, 6.07) is 9.75. The first-order chi connectivity index (χ1) is 17.1. The molecule has 0 atom stereocenters. The second kappa shape index (κ2) is 8.26. The Morgan fingerprint density at radius 3 is 2.25 bits per heavy atom. The molecule has 0 radical (unpaired) electrons. The predicted molar refractivity (Wildman–Crippen MR) is 121 cm³/mol. The minimum absolute atomic E-state index is 0.0990. The summed E-state index contributed by atoms with van der Waals surface area (Å²) >= 11 is 0. The number of aromatic nitrogens is 3. The molecular formula is C24H17F3N4O5. The van der Waals surface area contributed by atoms with Crippen molar-refractivity contribution >= 4 is 28.5 Å². The van der Waals surface area contributed by atoms with Crippen LogP contribution in [-0.2, 0) is 0 Å². The highest BCUT2D eigenvalue weighted by molar-refractivity contribution is 6.37. The number of methoxy groups -OCH3 is 2. The van der Waals surface area contributed by atoms with Gasteiger partial charge in [-0.2, -0.15) is 5.10 Å². The van der Waals surface area contributed by atoms with Crippen molar-refractivity contribution in [3.63, 3.8) is 0 Å². The summed E-state index contributed by atoms with van der Waals surface area (Å²) in [6.07, 6.45) is -3.53. The highest BCUT2D eigenvalue weighted by Crippen LogP contribution is 2.39. The monoisotopic (exact) mass is 498 g/mol. The number of imide groups is 1. The number of nitrogens with zero attached hydrogens (tertiary/aromatic N) is 4. The first kappa shape index (κ1) is 23.1. The van der Waals surface area contributed by atoms with Gasteiger partial charge in [0.15, 0.2) is 5.65 Å². The zero-order valence-corrected chi connectivity index (χ0v) is 19.1. The molecule has 2 amide bonds. The number of hydrogen-bond acceptors (Lipinski definition) is 7. The number of ether oxygens (including phenoxy) is 3. The number of aryl methyl sites for hydroxylation is 1. The second-order valence-electron chi connectivity index (χ2n) is 7.77. The van der Waals surface area contributed by atoms with E-state index in [9.17, 15) is 22.8 Å². The fraction of sp³-hybridized carbons (Fsp3) is 0.167. The molecule has 2 aromatic carbocycles. The smallest absolute Gasteiger partial charge is 0.497 e. The minimum Gasteiger partial charge on any atom is -0.497 e. The van der Waals surface area contributed by atoms with Gasteiger partial charge in [0.25, 0.3) is 11.8 Å². The third-order valence-corrected chi connectivity index (χ3v) is 5.66. The van der Waals surface area contributed by atoms with Gasteiger partial charge in [-0.15, -0.1) is 13.2 Å². The number of carbonyl (C=O) groups is 2. The van der Waals surface area contributed by atoms with E-state index in [0.29, 0.717) is 22.5 Å². The van der Waals surface area contributed by atoms with Gasteiger partial charge >= 0.3 is 6.36 Å². The molecule has 1 aliphatic rings.